The van der Waals surface area contributed by atoms with Crippen LogP contribution in [0.3, 0.4) is 0 Å². The van der Waals surface area contributed by atoms with Crippen LogP contribution < -0.4 is 5.32 Å². The lowest BCUT2D eigenvalue weighted by molar-refractivity contribution is 0.0867. The maximum atomic E-state index is 14.7. The van der Waals surface area contributed by atoms with E-state index < -0.39 is 17.5 Å². The van der Waals surface area contributed by atoms with Gasteiger partial charge < -0.3 is 10.4 Å². The van der Waals surface area contributed by atoms with Crippen molar-refractivity contribution in [2.75, 3.05) is 0 Å². The molecular formula is C20H20F2N4O2. The summed E-state index contributed by atoms with van der Waals surface area (Å²) in [5.41, 5.74) is 0.780. The van der Waals surface area contributed by atoms with Gasteiger partial charge in [0.2, 0.25) is 0 Å². The molecule has 2 N–H and O–H groups in total. The number of pyridine rings is 1. The zero-order chi connectivity index (χ0) is 19.8. The number of para-hydroxylation sites is 1. The first-order valence-electron chi connectivity index (χ1n) is 9.22. The maximum absolute atomic E-state index is 14.7. The fourth-order valence-corrected chi connectivity index (χ4v) is 3.63. The molecule has 2 aromatic heterocycles. The summed E-state index contributed by atoms with van der Waals surface area (Å²) < 4.78 is 30.1. The van der Waals surface area contributed by atoms with Crippen LogP contribution in [0.2, 0.25) is 0 Å². The number of halogens is 2. The van der Waals surface area contributed by atoms with Crippen LogP contribution in [0.1, 0.15) is 41.7 Å². The molecule has 0 bridgehead atoms. The number of nitrogens with zero attached hydrogens (tertiary/aromatic N) is 3. The second-order valence-electron chi connectivity index (χ2n) is 7.14. The first-order valence-corrected chi connectivity index (χ1v) is 9.22. The first kappa shape index (κ1) is 18.5. The molecule has 8 heteroatoms. The monoisotopic (exact) mass is 386 g/mol. The highest BCUT2D eigenvalue weighted by Gasteiger charge is 2.23. The average molecular weight is 386 g/mol. The van der Waals surface area contributed by atoms with Gasteiger partial charge in [-0.1, -0.05) is 12.1 Å². The summed E-state index contributed by atoms with van der Waals surface area (Å²) in [6.07, 6.45) is 3.56. The summed E-state index contributed by atoms with van der Waals surface area (Å²) in [6, 6.07) is 5.58. The Balaban J connectivity index is 1.61. The van der Waals surface area contributed by atoms with Gasteiger partial charge in [-0.2, -0.15) is 5.10 Å². The van der Waals surface area contributed by atoms with E-state index in [2.05, 4.69) is 15.4 Å². The number of hydrogen-bond donors (Lipinski definition) is 2. The Morgan fingerprint density at radius 2 is 1.96 bits per heavy atom. The molecule has 1 saturated carbocycles. The number of benzene rings is 1. The number of aryl methyl sites for hydroxylation is 1. The number of aliphatic hydroxyl groups excluding tert-OH is 1. The highest BCUT2D eigenvalue weighted by molar-refractivity contribution is 5.94. The molecule has 0 radical (unpaired) electrons. The number of carbonyl (C=O) groups is 1. The Morgan fingerprint density at radius 3 is 2.68 bits per heavy atom. The van der Waals surface area contributed by atoms with Crippen molar-refractivity contribution in [3.8, 4) is 5.82 Å². The summed E-state index contributed by atoms with van der Waals surface area (Å²) in [5.74, 6) is -1.88. The number of aromatic nitrogens is 3. The number of fused-ring (bicyclic) bond motifs is 1. The van der Waals surface area contributed by atoms with Gasteiger partial charge in [-0.05, 0) is 44.7 Å². The van der Waals surface area contributed by atoms with Crippen molar-refractivity contribution in [2.45, 2.75) is 44.8 Å². The molecule has 1 aromatic carbocycles. The summed E-state index contributed by atoms with van der Waals surface area (Å²) in [4.78, 5) is 16.4. The van der Waals surface area contributed by atoms with E-state index in [1.165, 1.54) is 12.3 Å². The topological polar surface area (TPSA) is 80.0 Å². The predicted molar refractivity (Wildman–Crippen MR) is 99.2 cm³/mol. The fourth-order valence-electron chi connectivity index (χ4n) is 3.63. The summed E-state index contributed by atoms with van der Waals surface area (Å²) in [6.45, 7) is 1.71. The van der Waals surface area contributed by atoms with Gasteiger partial charge in [0.15, 0.2) is 11.6 Å². The zero-order valence-electron chi connectivity index (χ0n) is 15.3. The van der Waals surface area contributed by atoms with Gasteiger partial charge in [0.25, 0.3) is 5.91 Å². The minimum Gasteiger partial charge on any atom is -0.393 e. The molecule has 0 unspecified atom stereocenters. The standard InChI is InChI=1S/C20H20F2N4O2/c1-11-15-3-2-4-16(21)18(15)26(25-11)19-17(22)9-12(10-23-19)20(28)24-13-5-7-14(27)8-6-13/h2-4,9-10,13-14,27H,5-8H2,1H3,(H,24,28). The number of rotatable bonds is 3. The second kappa shape index (κ2) is 7.27. The number of nitrogens with one attached hydrogen (secondary N) is 1. The van der Waals surface area contributed by atoms with E-state index in [4.69, 9.17) is 0 Å². The molecule has 0 aliphatic heterocycles. The summed E-state index contributed by atoms with van der Waals surface area (Å²) in [5, 5.41) is 17.2. The number of amides is 1. The van der Waals surface area contributed by atoms with Gasteiger partial charge in [-0.3, -0.25) is 4.79 Å². The predicted octanol–water partition coefficient (Wildman–Crippen LogP) is 3.04. The molecule has 0 saturated heterocycles. The lowest BCUT2D eigenvalue weighted by atomic mass is 9.93. The highest BCUT2D eigenvalue weighted by Crippen LogP contribution is 2.25. The van der Waals surface area contributed by atoms with Crippen molar-refractivity contribution in [3.05, 3.63) is 53.4 Å². The van der Waals surface area contributed by atoms with Crippen LogP contribution in [0.15, 0.2) is 30.5 Å². The quantitative estimate of drug-likeness (QED) is 0.725. The largest absolute Gasteiger partial charge is 0.393 e. The third kappa shape index (κ3) is 3.35. The highest BCUT2D eigenvalue weighted by atomic mass is 19.1. The van der Waals surface area contributed by atoms with E-state index in [0.717, 1.165) is 10.7 Å². The van der Waals surface area contributed by atoms with E-state index in [1.54, 1.807) is 19.1 Å². The Hall–Kier alpha value is -2.87. The lowest BCUT2D eigenvalue weighted by Crippen LogP contribution is -2.38. The molecule has 2 heterocycles. The van der Waals surface area contributed by atoms with Crippen molar-refractivity contribution in [2.24, 2.45) is 0 Å². The number of carbonyl (C=O) groups excluding carboxylic acids is 1. The third-order valence-corrected chi connectivity index (χ3v) is 5.15. The smallest absolute Gasteiger partial charge is 0.253 e. The Bertz CT molecular complexity index is 1040. The molecule has 146 valence electrons. The van der Waals surface area contributed by atoms with Crippen molar-refractivity contribution >= 4 is 16.8 Å². The number of hydrogen-bond acceptors (Lipinski definition) is 4. The van der Waals surface area contributed by atoms with Gasteiger partial charge in [-0.15, -0.1) is 0 Å². The van der Waals surface area contributed by atoms with Crippen LogP contribution in [-0.4, -0.2) is 37.9 Å². The Labute approximate surface area is 160 Å². The van der Waals surface area contributed by atoms with Crippen molar-refractivity contribution in [1.29, 1.82) is 0 Å². The minimum absolute atomic E-state index is 0.0505. The van der Waals surface area contributed by atoms with Crippen LogP contribution in [0, 0.1) is 18.6 Å². The van der Waals surface area contributed by atoms with Crippen LogP contribution in [0.25, 0.3) is 16.7 Å². The van der Waals surface area contributed by atoms with Crippen LogP contribution in [0.5, 0.6) is 0 Å². The zero-order valence-corrected chi connectivity index (χ0v) is 15.3. The molecule has 1 fully saturated rings. The Morgan fingerprint density at radius 1 is 1.21 bits per heavy atom. The van der Waals surface area contributed by atoms with Crippen LogP contribution in [-0.2, 0) is 0 Å². The normalized spacial score (nSPS) is 19.7. The van der Waals surface area contributed by atoms with Gasteiger partial charge in [0.1, 0.15) is 11.3 Å². The second-order valence-corrected chi connectivity index (χ2v) is 7.14. The molecule has 1 aliphatic carbocycles. The molecular weight excluding hydrogens is 366 g/mol. The van der Waals surface area contributed by atoms with E-state index in [-0.39, 0.29) is 29.0 Å². The first-order chi connectivity index (χ1) is 13.4. The SMILES string of the molecule is Cc1nn(-c2ncc(C(=O)NC3CCC(O)CC3)cc2F)c2c(F)cccc12. The van der Waals surface area contributed by atoms with Gasteiger partial charge in [0, 0.05) is 17.6 Å². The Kier molecular flexibility index (Phi) is 4.80. The molecule has 3 aromatic rings. The van der Waals surface area contributed by atoms with E-state index in [9.17, 15) is 18.7 Å². The van der Waals surface area contributed by atoms with Crippen LogP contribution in [0.4, 0.5) is 8.78 Å². The molecule has 0 atom stereocenters. The van der Waals surface area contributed by atoms with Gasteiger partial charge in [-0.25, -0.2) is 18.4 Å². The molecule has 1 amide bonds. The summed E-state index contributed by atoms with van der Waals surface area (Å²) in [7, 11) is 0. The van der Waals surface area contributed by atoms with E-state index in [0.29, 0.717) is 36.8 Å². The molecule has 4 rings (SSSR count). The van der Waals surface area contributed by atoms with Crippen LogP contribution >= 0.6 is 0 Å². The van der Waals surface area contributed by atoms with Gasteiger partial charge in [0.05, 0.1) is 17.4 Å². The van der Waals surface area contributed by atoms with Gasteiger partial charge >= 0.3 is 0 Å². The average Bonchev–Trinajstić information content (AvgIpc) is 3.01. The fraction of sp³-hybridized carbons (Fsp3) is 0.350. The van der Waals surface area contributed by atoms with E-state index in [1.807, 2.05) is 0 Å². The van der Waals surface area contributed by atoms with Crippen molar-refractivity contribution < 1.29 is 18.7 Å². The number of aliphatic hydroxyl groups is 1. The minimum atomic E-state index is -0.764. The molecule has 6 nitrogen and oxygen atoms in total. The van der Waals surface area contributed by atoms with E-state index >= 15 is 0 Å². The molecule has 28 heavy (non-hydrogen) atoms. The van der Waals surface area contributed by atoms with Crippen molar-refractivity contribution in [3.63, 3.8) is 0 Å². The summed E-state index contributed by atoms with van der Waals surface area (Å²) >= 11 is 0. The molecule has 1 aliphatic rings. The maximum Gasteiger partial charge on any atom is 0.253 e. The van der Waals surface area contributed by atoms with Crippen molar-refractivity contribution in [1.82, 2.24) is 20.1 Å². The lowest BCUT2D eigenvalue weighted by Gasteiger charge is -2.26. The molecule has 0 spiro atoms. The third-order valence-electron chi connectivity index (χ3n) is 5.15.